The van der Waals surface area contributed by atoms with Crippen LogP contribution in [0.2, 0.25) is 0 Å². The van der Waals surface area contributed by atoms with Crippen LogP contribution in [0.1, 0.15) is 159 Å². The first-order valence-corrected chi connectivity index (χ1v) is 32.2. The Bertz CT molecular complexity index is 1940. The molecule has 0 radical (unpaired) electrons. The van der Waals surface area contributed by atoms with E-state index < -0.39 is 71.2 Å². The van der Waals surface area contributed by atoms with E-state index in [0.717, 1.165) is 49.6 Å². The van der Waals surface area contributed by atoms with E-state index in [1.807, 2.05) is 0 Å². The minimum atomic E-state index is -2.24. The van der Waals surface area contributed by atoms with Gasteiger partial charge in [-0.2, -0.15) is 0 Å². The van der Waals surface area contributed by atoms with Crippen LogP contribution in [0.4, 0.5) is 0 Å². The third kappa shape index (κ3) is 26.9. The van der Waals surface area contributed by atoms with E-state index >= 15 is 0 Å². The number of carbonyl (C=O) groups is 8. The van der Waals surface area contributed by atoms with E-state index in [9.17, 15) is 38.4 Å². The molecule has 0 saturated carbocycles. The third-order valence-corrected chi connectivity index (χ3v) is 9.59. The molecule has 0 fully saturated rings. The van der Waals surface area contributed by atoms with Gasteiger partial charge in [0.1, 0.15) is 0 Å². The summed E-state index contributed by atoms with van der Waals surface area (Å²) in [6, 6.07) is 13.0. The molecule has 0 spiro atoms. The van der Waals surface area contributed by atoms with E-state index in [-0.39, 0.29) is 37.6 Å². The zero-order chi connectivity index (χ0) is 52.0. The van der Waals surface area contributed by atoms with Crippen LogP contribution < -0.4 is 10.6 Å². The van der Waals surface area contributed by atoms with E-state index in [2.05, 4.69) is 98.1 Å². The topological polar surface area (TPSA) is 198 Å². The molecular formula is C50H67BrI2N2O12V. The SMILES string of the molecule is C#CCCCCCC.CCCCCCC#Cc1ccc(C(=O)CC(NC(C)=O)(C(=O)OCC)C(=O)OCC)cc1.CCOC(=O)C(CC(=O)c1ccc(Br)cc1)(NC(C)=O)C(=O)OCC.[I][V][I]. The fraction of sp³-hybridized carbons (Fsp3) is 0.520. The van der Waals surface area contributed by atoms with Gasteiger partial charge in [-0.15, -0.1) is 12.3 Å². The number of unbranched alkanes of at least 4 members (excludes halogenated alkanes) is 8. The van der Waals surface area contributed by atoms with Crippen molar-refractivity contribution in [2.75, 3.05) is 26.4 Å². The number of Topliss-reactive ketones (excluding diaryl/α,β-unsaturated/α-hetero) is 2. The summed E-state index contributed by atoms with van der Waals surface area (Å²) < 4.78 is 20.6. The van der Waals surface area contributed by atoms with E-state index in [0.29, 0.717) is 9.47 Å². The van der Waals surface area contributed by atoms with Crippen LogP contribution in [0.3, 0.4) is 0 Å². The van der Waals surface area contributed by atoms with E-state index in [1.165, 1.54) is 38.5 Å². The van der Waals surface area contributed by atoms with Crippen molar-refractivity contribution < 1.29 is 66.8 Å². The summed E-state index contributed by atoms with van der Waals surface area (Å²) in [5, 5.41) is 4.55. The molecule has 2 amide bonds. The average Bonchev–Trinajstić information content (AvgIpc) is 3.29. The van der Waals surface area contributed by atoms with Gasteiger partial charge in [0.05, 0.1) is 39.3 Å². The molecule has 0 aliphatic rings. The van der Waals surface area contributed by atoms with E-state index in [4.69, 9.17) is 25.4 Å². The van der Waals surface area contributed by atoms with Crippen LogP contribution in [0.25, 0.3) is 0 Å². The van der Waals surface area contributed by atoms with Crippen molar-refractivity contribution in [2.45, 2.75) is 144 Å². The van der Waals surface area contributed by atoms with E-state index in [1.54, 1.807) is 76.2 Å². The van der Waals surface area contributed by atoms with Gasteiger partial charge in [-0.1, -0.05) is 104 Å². The summed E-state index contributed by atoms with van der Waals surface area (Å²) in [7, 11) is 0.628. The number of esters is 4. The van der Waals surface area contributed by atoms with Crippen LogP contribution in [-0.4, -0.2) is 84.8 Å². The Morgan fingerprint density at radius 2 is 0.912 bits per heavy atom. The normalized spacial score (nSPS) is 10.1. The first-order valence-electron chi connectivity index (χ1n) is 22.4. The Balaban J connectivity index is 0. The van der Waals surface area contributed by atoms with Gasteiger partial charge in [-0.3, -0.25) is 19.2 Å². The number of terminal acetylenes is 1. The Kier molecular flexibility index (Phi) is 39.0. The molecule has 68 heavy (non-hydrogen) atoms. The monoisotopic (exact) mass is 1270 g/mol. The molecule has 0 bridgehead atoms. The number of ketones is 2. The molecule has 0 atom stereocenters. The molecular weight excluding hydrogens is 1210 g/mol. The predicted octanol–water partition coefficient (Wildman–Crippen LogP) is 9.96. The summed E-state index contributed by atoms with van der Waals surface area (Å²) in [4.78, 5) is 99.0. The fourth-order valence-electron chi connectivity index (χ4n) is 5.89. The number of halogens is 3. The number of hydrogen-bond donors (Lipinski definition) is 2. The third-order valence-electron chi connectivity index (χ3n) is 9.06. The summed E-state index contributed by atoms with van der Waals surface area (Å²) >= 11 is 8.00. The molecule has 2 aromatic carbocycles. The Labute approximate surface area is 440 Å². The summed E-state index contributed by atoms with van der Waals surface area (Å²) in [5.41, 5.74) is -3.14. The standard InChI is InChI=1S/C25H33NO6.C17H20BrNO6.C8H14.2HI.V/c1-5-8-9-10-11-12-13-20-14-16-21(17-15-20)22(28)18-25(26-19(4)27,23(29)31-6-2)24(30)32-7-3;1-4-24-15(22)17(19-11(3)20,16(23)25-5-2)10-14(21)12-6-8-13(18)9-7-12;1-3-5-7-8-6-4-2;;;/h14-17H,5-11,18H2,1-4H3,(H,26,27);6-9H,4-5,10H2,1-3H3,(H,19,20);1H,4-8H2,2H3;2*1H;/q;;;;;+2/p-2. The van der Waals surface area contributed by atoms with Gasteiger partial charge < -0.3 is 29.6 Å². The first-order chi connectivity index (χ1) is 32.4. The number of ether oxygens (including phenoxy) is 4. The molecule has 18 heteroatoms. The molecule has 0 aliphatic heterocycles. The zero-order valence-electron chi connectivity index (χ0n) is 40.5. The van der Waals surface area contributed by atoms with Crippen molar-refractivity contribution in [1.82, 2.24) is 10.6 Å². The number of carbonyl (C=O) groups excluding carboxylic acids is 8. The van der Waals surface area contributed by atoms with Crippen LogP contribution in [0.5, 0.6) is 0 Å². The maximum atomic E-state index is 12.9. The number of hydrogen-bond acceptors (Lipinski definition) is 12. The molecule has 0 saturated heterocycles. The quantitative estimate of drug-likeness (QED) is 0.0192. The molecule has 375 valence electrons. The summed E-state index contributed by atoms with van der Waals surface area (Å²) in [5.74, 6) is 2.33. The summed E-state index contributed by atoms with van der Waals surface area (Å²) in [6.07, 6.45) is 15.4. The van der Waals surface area contributed by atoms with Gasteiger partial charge in [0.15, 0.2) is 11.6 Å². The second kappa shape index (κ2) is 40.0. The van der Waals surface area contributed by atoms with Crippen molar-refractivity contribution in [3.8, 4) is 24.2 Å². The van der Waals surface area contributed by atoms with Crippen LogP contribution in [0.15, 0.2) is 53.0 Å². The van der Waals surface area contributed by atoms with Crippen molar-refractivity contribution in [3.63, 3.8) is 0 Å². The Hall–Kier alpha value is -3.76. The zero-order valence-corrected chi connectivity index (χ0v) is 47.8. The number of nitrogens with one attached hydrogen (secondary N) is 2. The van der Waals surface area contributed by atoms with Gasteiger partial charge in [0.25, 0.3) is 0 Å². The number of rotatable bonds is 24. The van der Waals surface area contributed by atoms with Crippen molar-refractivity contribution in [1.29, 1.82) is 0 Å². The van der Waals surface area contributed by atoms with Crippen molar-refractivity contribution in [2.24, 2.45) is 0 Å². The van der Waals surface area contributed by atoms with Crippen molar-refractivity contribution in [3.05, 3.63) is 69.7 Å². The molecule has 0 aliphatic carbocycles. The summed E-state index contributed by atoms with van der Waals surface area (Å²) in [6.45, 7) is 12.8. The van der Waals surface area contributed by atoms with Gasteiger partial charge in [-0.05, 0) is 64.8 Å². The molecule has 14 nitrogen and oxygen atoms in total. The van der Waals surface area contributed by atoms with Gasteiger partial charge in [0, 0.05) is 47.9 Å². The molecule has 0 heterocycles. The second-order valence-corrected chi connectivity index (χ2v) is 27.2. The number of amides is 2. The van der Waals surface area contributed by atoms with Gasteiger partial charge in [0.2, 0.25) is 22.9 Å². The minimum absolute atomic E-state index is 0.0218. The molecule has 2 N–H and O–H groups in total. The number of benzene rings is 2. The fourth-order valence-corrected chi connectivity index (χ4v) is 6.15. The average molecular weight is 1270 g/mol. The Morgan fingerprint density at radius 3 is 1.22 bits per heavy atom. The van der Waals surface area contributed by atoms with Crippen LogP contribution >= 0.6 is 55.9 Å². The van der Waals surface area contributed by atoms with Gasteiger partial charge >= 0.3 is 73.3 Å². The van der Waals surface area contributed by atoms with Gasteiger partial charge in [-0.25, -0.2) is 19.2 Å². The first kappa shape index (κ1) is 66.3. The molecule has 2 aromatic rings. The maximum absolute atomic E-state index is 12.9. The van der Waals surface area contributed by atoms with Crippen LogP contribution in [0, 0.1) is 24.2 Å². The molecule has 0 aromatic heterocycles. The van der Waals surface area contributed by atoms with Crippen molar-refractivity contribution >= 4 is 103 Å². The predicted molar refractivity (Wildman–Crippen MR) is 279 cm³/mol. The molecule has 2 rings (SSSR count). The molecule has 0 unspecified atom stereocenters. The van der Waals surface area contributed by atoms with Crippen LogP contribution in [-0.2, 0) is 57.2 Å². The second-order valence-electron chi connectivity index (χ2n) is 14.5. The Morgan fingerprint density at radius 1 is 0.574 bits per heavy atom.